The van der Waals surface area contributed by atoms with Crippen LogP contribution in [0.15, 0.2) is 47.8 Å². The van der Waals surface area contributed by atoms with Crippen molar-refractivity contribution in [3.63, 3.8) is 0 Å². The van der Waals surface area contributed by atoms with Crippen LogP contribution in [0.3, 0.4) is 0 Å². The maximum Gasteiger partial charge on any atom is 0.286 e. The van der Waals surface area contributed by atoms with Gasteiger partial charge in [-0.2, -0.15) is 5.26 Å². The van der Waals surface area contributed by atoms with Crippen LogP contribution in [-0.4, -0.2) is 14.2 Å². The first-order valence-corrected chi connectivity index (χ1v) is 9.41. The average molecular weight is 402 g/mol. The molecule has 1 aliphatic carbocycles. The smallest absolute Gasteiger partial charge is 0.286 e. The van der Waals surface area contributed by atoms with Gasteiger partial charge in [-0.3, -0.25) is 4.79 Å². The number of hydrogen-bond donors (Lipinski definition) is 1. The number of ether oxygens (including phenoxy) is 3. The van der Waals surface area contributed by atoms with Crippen LogP contribution in [0, 0.1) is 17.1 Å². The first kappa shape index (κ1) is 18.0. The summed E-state index contributed by atoms with van der Waals surface area (Å²) < 4.78 is 54.2. The van der Waals surface area contributed by atoms with E-state index in [2.05, 4.69) is 0 Å². The van der Waals surface area contributed by atoms with E-state index >= 15 is 0 Å². The van der Waals surface area contributed by atoms with E-state index in [9.17, 15) is 17.6 Å². The Hall–Kier alpha value is -3.42. The van der Waals surface area contributed by atoms with Crippen LogP contribution < -0.4 is 9.88 Å². The minimum Gasteiger partial charge on any atom is -0.456 e. The molecular weight excluding hydrogens is 391 g/mol. The molecule has 0 atom stereocenters. The van der Waals surface area contributed by atoms with Gasteiger partial charge in [0, 0.05) is 6.07 Å². The molecule has 1 spiro atoms. The number of carbonyl (C=O) groups is 1. The average Bonchev–Trinajstić information content (AvgIpc) is 3.19. The summed E-state index contributed by atoms with van der Waals surface area (Å²) in [5.41, 5.74) is -0.167. The van der Waals surface area contributed by atoms with Gasteiger partial charge in [0.25, 0.3) is 5.79 Å². The summed E-state index contributed by atoms with van der Waals surface area (Å²) in [6.07, 6.45) is 2.08. The maximum atomic E-state index is 13.7. The third-order valence-electron chi connectivity index (χ3n) is 4.29. The Labute approximate surface area is 158 Å². The van der Waals surface area contributed by atoms with Crippen LogP contribution in [-0.2, 0) is 25.3 Å². The largest absolute Gasteiger partial charge is 0.456 e. The van der Waals surface area contributed by atoms with Gasteiger partial charge in [0.05, 0.1) is 34.1 Å². The number of sulfonamides is 1. The molecule has 0 fully saturated rings. The number of halogens is 1. The minimum atomic E-state index is -4.22. The van der Waals surface area contributed by atoms with Gasteiger partial charge < -0.3 is 14.2 Å². The van der Waals surface area contributed by atoms with Gasteiger partial charge in [-0.1, -0.05) is 0 Å². The molecule has 142 valence electrons. The van der Waals surface area contributed by atoms with E-state index in [1.54, 1.807) is 6.07 Å². The van der Waals surface area contributed by atoms with Crippen molar-refractivity contribution < 1.29 is 31.8 Å². The molecule has 2 aromatic carbocycles. The van der Waals surface area contributed by atoms with Crippen molar-refractivity contribution in [2.24, 2.45) is 5.14 Å². The first-order chi connectivity index (χ1) is 13.2. The van der Waals surface area contributed by atoms with Gasteiger partial charge in [-0.25, -0.2) is 17.9 Å². The Morgan fingerprint density at radius 2 is 1.93 bits per heavy atom. The SMILES string of the molecule is N#Cc1cc(F)cc(Oc2ccc(S(N)(=O)=O)c3c2C(=O)CC32OC=CO2)c1. The van der Waals surface area contributed by atoms with Crippen LogP contribution in [0.4, 0.5) is 4.39 Å². The molecule has 10 heteroatoms. The number of Topliss-reactive ketones (excluding diaryl/α,β-unsaturated/α-hetero) is 1. The van der Waals surface area contributed by atoms with Gasteiger partial charge in [-0.15, -0.1) is 0 Å². The number of carbonyl (C=O) groups excluding carboxylic acids is 1. The second-order valence-electron chi connectivity index (χ2n) is 6.11. The van der Waals surface area contributed by atoms with E-state index in [0.717, 1.165) is 18.2 Å². The second-order valence-corrected chi connectivity index (χ2v) is 7.64. The van der Waals surface area contributed by atoms with Gasteiger partial charge in [0.15, 0.2) is 5.78 Å². The first-order valence-electron chi connectivity index (χ1n) is 7.86. The van der Waals surface area contributed by atoms with Gasteiger partial charge in [0.2, 0.25) is 10.0 Å². The summed E-state index contributed by atoms with van der Waals surface area (Å²) in [7, 11) is -4.22. The molecule has 0 unspecified atom stereocenters. The number of primary sulfonamides is 1. The lowest BCUT2D eigenvalue weighted by Gasteiger charge is -2.24. The zero-order valence-electron chi connectivity index (χ0n) is 14.0. The number of rotatable bonds is 3. The van der Waals surface area contributed by atoms with Crippen LogP contribution >= 0.6 is 0 Å². The third kappa shape index (κ3) is 2.77. The molecule has 0 radical (unpaired) electrons. The second kappa shape index (κ2) is 6.05. The van der Waals surface area contributed by atoms with Crippen LogP contribution in [0.2, 0.25) is 0 Å². The zero-order valence-corrected chi connectivity index (χ0v) is 14.8. The van der Waals surface area contributed by atoms with E-state index < -0.39 is 27.4 Å². The molecule has 1 heterocycles. The molecule has 0 saturated carbocycles. The lowest BCUT2D eigenvalue weighted by Crippen LogP contribution is -2.27. The maximum absolute atomic E-state index is 13.7. The Bertz CT molecular complexity index is 1190. The van der Waals surface area contributed by atoms with Crippen molar-refractivity contribution in [3.8, 4) is 17.6 Å². The van der Waals surface area contributed by atoms with Gasteiger partial charge in [-0.05, 0) is 24.3 Å². The molecule has 2 N–H and O–H groups in total. The monoisotopic (exact) mass is 402 g/mol. The predicted octanol–water partition coefficient (Wildman–Crippen LogP) is 2.39. The number of nitrogens with two attached hydrogens (primary N) is 1. The number of hydrogen-bond acceptors (Lipinski definition) is 7. The molecule has 4 rings (SSSR count). The molecule has 2 aromatic rings. The van der Waals surface area contributed by atoms with E-state index in [1.165, 1.54) is 24.7 Å². The van der Waals surface area contributed by atoms with E-state index in [4.69, 9.17) is 24.6 Å². The van der Waals surface area contributed by atoms with Crippen molar-refractivity contribution >= 4 is 15.8 Å². The highest BCUT2D eigenvalue weighted by Crippen LogP contribution is 2.50. The van der Waals surface area contributed by atoms with Gasteiger partial charge in [0.1, 0.15) is 29.8 Å². The molecule has 2 aliphatic rings. The summed E-state index contributed by atoms with van der Waals surface area (Å²) in [5, 5.41) is 14.3. The fourth-order valence-corrected chi connectivity index (χ4v) is 4.05. The lowest BCUT2D eigenvalue weighted by molar-refractivity contribution is -0.143. The standard InChI is InChI=1S/C18H11FN2O6S/c19-11-5-10(9-20)6-12(7-11)27-14-1-2-15(28(21,23)24)17-16(14)13(22)8-18(17)25-3-4-26-18/h1-7H,8H2,(H2,21,23,24). The normalized spacial score (nSPS) is 16.4. The summed E-state index contributed by atoms with van der Waals surface area (Å²) in [4.78, 5) is 12.3. The van der Waals surface area contributed by atoms with Crippen LogP contribution in [0.25, 0.3) is 0 Å². The number of ketones is 1. The Morgan fingerprint density at radius 3 is 2.57 bits per heavy atom. The Morgan fingerprint density at radius 1 is 1.21 bits per heavy atom. The van der Waals surface area contributed by atoms with E-state index in [1.807, 2.05) is 0 Å². The quantitative estimate of drug-likeness (QED) is 0.834. The molecule has 0 saturated heterocycles. The molecule has 0 bridgehead atoms. The highest BCUT2D eigenvalue weighted by atomic mass is 32.2. The molecular formula is C18H11FN2O6S. The highest BCUT2D eigenvalue weighted by molar-refractivity contribution is 7.89. The van der Waals surface area contributed by atoms with Gasteiger partial charge >= 0.3 is 0 Å². The van der Waals surface area contributed by atoms with Crippen molar-refractivity contribution in [3.05, 3.63) is 65.4 Å². The minimum absolute atomic E-state index is 0.0160. The number of nitriles is 1. The fourth-order valence-electron chi connectivity index (χ4n) is 3.25. The number of fused-ring (bicyclic) bond motifs is 2. The molecule has 8 nitrogen and oxygen atoms in total. The zero-order chi connectivity index (χ0) is 20.1. The third-order valence-corrected chi connectivity index (χ3v) is 5.24. The predicted molar refractivity (Wildman–Crippen MR) is 90.9 cm³/mol. The van der Waals surface area contributed by atoms with Crippen molar-refractivity contribution in [1.82, 2.24) is 0 Å². The lowest BCUT2D eigenvalue weighted by atomic mass is 10.1. The Kier molecular flexibility index (Phi) is 3.88. The van der Waals surface area contributed by atoms with E-state index in [0.29, 0.717) is 0 Å². The molecule has 0 aromatic heterocycles. The number of benzene rings is 2. The summed E-state index contributed by atoms with van der Waals surface area (Å²) >= 11 is 0. The topological polar surface area (TPSA) is 129 Å². The Balaban J connectivity index is 1.90. The van der Waals surface area contributed by atoms with Crippen molar-refractivity contribution in [1.29, 1.82) is 5.26 Å². The fraction of sp³-hybridized carbons (Fsp3) is 0.111. The molecule has 28 heavy (non-hydrogen) atoms. The van der Waals surface area contributed by atoms with Crippen molar-refractivity contribution in [2.75, 3.05) is 0 Å². The molecule has 1 aliphatic heterocycles. The van der Waals surface area contributed by atoms with E-state index in [-0.39, 0.29) is 39.5 Å². The van der Waals surface area contributed by atoms with Crippen LogP contribution in [0.1, 0.15) is 27.9 Å². The summed E-state index contributed by atoms with van der Waals surface area (Å²) in [6, 6.07) is 7.51. The molecule has 0 amide bonds. The highest BCUT2D eigenvalue weighted by Gasteiger charge is 2.53. The number of nitrogens with zero attached hydrogens (tertiary/aromatic N) is 1. The summed E-state index contributed by atoms with van der Waals surface area (Å²) in [5.74, 6) is -2.95. The summed E-state index contributed by atoms with van der Waals surface area (Å²) in [6.45, 7) is 0. The van der Waals surface area contributed by atoms with Crippen molar-refractivity contribution in [2.45, 2.75) is 17.1 Å². The van der Waals surface area contributed by atoms with Crippen LogP contribution in [0.5, 0.6) is 11.5 Å².